The fourth-order valence-corrected chi connectivity index (χ4v) is 6.09. The van der Waals surface area contributed by atoms with Crippen LogP contribution in [0.5, 0.6) is 0 Å². The van der Waals surface area contributed by atoms with E-state index in [4.69, 9.17) is 5.11 Å². The first-order valence-electron chi connectivity index (χ1n) is 11.5. The van der Waals surface area contributed by atoms with Crippen molar-refractivity contribution in [2.24, 2.45) is 0 Å². The Kier molecular flexibility index (Phi) is 8.52. The normalized spacial score (nSPS) is 11.8. The van der Waals surface area contributed by atoms with E-state index in [1.54, 1.807) is 6.92 Å². The summed E-state index contributed by atoms with van der Waals surface area (Å²) < 4.78 is 29.6. The SMILES string of the molecule is CCC(=O)O.Cc1cc2ccccc2n1S(=O)(=O)c1c(C(C)C)cc(C(C)C)cc1C(C)C. The van der Waals surface area contributed by atoms with Crippen molar-refractivity contribution in [2.75, 3.05) is 0 Å². The summed E-state index contributed by atoms with van der Waals surface area (Å²) >= 11 is 0. The Hall–Kier alpha value is -2.60. The Morgan fingerprint density at radius 3 is 1.82 bits per heavy atom. The third-order valence-corrected chi connectivity index (χ3v) is 7.67. The van der Waals surface area contributed by atoms with Crippen LogP contribution in [0, 0.1) is 6.92 Å². The zero-order chi connectivity index (χ0) is 25.1. The fourth-order valence-electron chi connectivity index (χ4n) is 3.87. The van der Waals surface area contributed by atoms with Gasteiger partial charge in [0.1, 0.15) is 0 Å². The highest BCUT2D eigenvalue weighted by Gasteiger charge is 2.30. The maximum absolute atomic E-state index is 14.0. The Labute approximate surface area is 198 Å². The minimum absolute atomic E-state index is 0.114. The van der Waals surface area contributed by atoms with Crippen molar-refractivity contribution in [2.45, 2.75) is 84.5 Å². The molecule has 0 saturated carbocycles. The van der Waals surface area contributed by atoms with Crippen molar-refractivity contribution >= 4 is 26.9 Å². The minimum Gasteiger partial charge on any atom is -0.481 e. The van der Waals surface area contributed by atoms with Gasteiger partial charge in [-0.1, -0.05) is 78.8 Å². The van der Waals surface area contributed by atoms with E-state index in [1.165, 1.54) is 9.54 Å². The molecule has 0 saturated heterocycles. The number of aromatic nitrogens is 1. The molecule has 0 aliphatic heterocycles. The quantitative estimate of drug-likeness (QED) is 0.418. The Morgan fingerprint density at radius 1 is 0.909 bits per heavy atom. The summed E-state index contributed by atoms with van der Waals surface area (Å²) in [5, 5.41) is 8.67. The molecule has 33 heavy (non-hydrogen) atoms. The molecule has 0 aliphatic carbocycles. The van der Waals surface area contributed by atoms with E-state index in [0.717, 1.165) is 27.7 Å². The molecule has 3 aromatic rings. The van der Waals surface area contributed by atoms with E-state index in [1.807, 2.05) is 37.3 Å². The Morgan fingerprint density at radius 2 is 1.39 bits per heavy atom. The van der Waals surface area contributed by atoms with Gasteiger partial charge in [-0.25, -0.2) is 12.4 Å². The second-order valence-corrected chi connectivity index (χ2v) is 11.1. The first-order valence-corrected chi connectivity index (χ1v) is 13.0. The van der Waals surface area contributed by atoms with Crippen LogP contribution < -0.4 is 0 Å². The molecule has 0 bridgehead atoms. The highest BCUT2D eigenvalue weighted by molar-refractivity contribution is 7.90. The van der Waals surface area contributed by atoms with Crippen LogP contribution in [0.1, 0.15) is 95.0 Å². The molecule has 0 atom stereocenters. The second-order valence-electron chi connectivity index (χ2n) is 9.35. The van der Waals surface area contributed by atoms with Gasteiger partial charge in [-0.3, -0.25) is 4.79 Å². The number of aliphatic carboxylic acids is 1. The van der Waals surface area contributed by atoms with E-state index < -0.39 is 16.0 Å². The number of carbonyl (C=O) groups is 1. The van der Waals surface area contributed by atoms with E-state index >= 15 is 0 Å². The van der Waals surface area contributed by atoms with Crippen LogP contribution in [0.2, 0.25) is 0 Å². The zero-order valence-electron chi connectivity index (χ0n) is 21.0. The van der Waals surface area contributed by atoms with Gasteiger partial charge in [-0.05, 0) is 53.5 Å². The largest absolute Gasteiger partial charge is 0.481 e. The summed E-state index contributed by atoms with van der Waals surface area (Å²) in [5.74, 6) is -0.169. The molecule has 0 unspecified atom stereocenters. The number of para-hydroxylation sites is 1. The van der Waals surface area contributed by atoms with Gasteiger partial charge in [0.2, 0.25) is 0 Å². The summed E-state index contributed by atoms with van der Waals surface area (Å²) in [6, 6.07) is 13.8. The van der Waals surface area contributed by atoms with Crippen LogP contribution >= 0.6 is 0 Å². The van der Waals surface area contributed by atoms with Crippen LogP contribution in [0.3, 0.4) is 0 Å². The molecule has 1 heterocycles. The van der Waals surface area contributed by atoms with Crippen molar-refractivity contribution in [3.05, 3.63) is 64.8 Å². The maximum atomic E-state index is 14.0. The van der Waals surface area contributed by atoms with Gasteiger partial charge in [-0.15, -0.1) is 0 Å². The van der Waals surface area contributed by atoms with Crippen molar-refractivity contribution in [1.29, 1.82) is 0 Å². The average molecular weight is 472 g/mol. The maximum Gasteiger partial charge on any atom is 0.303 e. The van der Waals surface area contributed by atoms with Crippen molar-refractivity contribution in [3.8, 4) is 0 Å². The highest BCUT2D eigenvalue weighted by atomic mass is 32.2. The molecule has 2 aromatic carbocycles. The molecule has 0 radical (unpaired) electrons. The molecule has 1 N–H and O–H groups in total. The summed E-state index contributed by atoms with van der Waals surface area (Å²) in [4.78, 5) is 9.85. The number of aryl methyl sites for hydroxylation is 1. The molecule has 0 aliphatic rings. The molecule has 3 rings (SSSR count). The number of nitrogens with zero attached hydrogens (tertiary/aromatic N) is 1. The van der Waals surface area contributed by atoms with Crippen molar-refractivity contribution in [1.82, 2.24) is 3.97 Å². The van der Waals surface area contributed by atoms with Gasteiger partial charge in [0, 0.05) is 17.5 Å². The molecule has 1 aromatic heterocycles. The van der Waals surface area contributed by atoms with E-state index in [-0.39, 0.29) is 18.3 Å². The summed E-state index contributed by atoms with van der Waals surface area (Å²) in [6.07, 6.45) is 0.222. The van der Waals surface area contributed by atoms with E-state index in [9.17, 15) is 13.2 Å². The van der Waals surface area contributed by atoms with Crippen LogP contribution in [-0.2, 0) is 14.8 Å². The first kappa shape index (κ1) is 26.7. The van der Waals surface area contributed by atoms with Crippen molar-refractivity contribution in [3.63, 3.8) is 0 Å². The van der Waals surface area contributed by atoms with Crippen LogP contribution in [0.4, 0.5) is 0 Å². The van der Waals surface area contributed by atoms with Gasteiger partial charge in [0.15, 0.2) is 0 Å². The number of fused-ring (bicyclic) bond motifs is 1. The molecular weight excluding hydrogens is 434 g/mol. The van der Waals surface area contributed by atoms with Crippen LogP contribution in [-0.4, -0.2) is 23.5 Å². The second kappa shape index (κ2) is 10.6. The lowest BCUT2D eigenvalue weighted by Crippen LogP contribution is -2.20. The average Bonchev–Trinajstić information content (AvgIpc) is 3.09. The van der Waals surface area contributed by atoms with Crippen molar-refractivity contribution < 1.29 is 18.3 Å². The van der Waals surface area contributed by atoms with E-state index in [0.29, 0.717) is 10.8 Å². The summed E-state index contributed by atoms with van der Waals surface area (Å²) in [6.45, 7) is 16.1. The van der Waals surface area contributed by atoms with Gasteiger partial charge in [0.05, 0.1) is 10.4 Å². The smallest absolute Gasteiger partial charge is 0.303 e. The lowest BCUT2D eigenvalue weighted by Gasteiger charge is -2.23. The summed E-state index contributed by atoms with van der Waals surface area (Å²) in [5.41, 5.74) is 4.48. The number of hydrogen-bond acceptors (Lipinski definition) is 3. The molecular formula is C27H37NO4S. The zero-order valence-corrected chi connectivity index (χ0v) is 21.8. The molecule has 0 fully saturated rings. The van der Waals surface area contributed by atoms with Gasteiger partial charge in [0.25, 0.3) is 10.0 Å². The van der Waals surface area contributed by atoms with E-state index in [2.05, 4.69) is 53.7 Å². The minimum atomic E-state index is -3.73. The molecule has 5 nitrogen and oxygen atoms in total. The predicted molar refractivity (Wildman–Crippen MR) is 136 cm³/mol. The number of rotatable bonds is 6. The third-order valence-electron chi connectivity index (χ3n) is 5.72. The highest BCUT2D eigenvalue weighted by Crippen LogP contribution is 2.37. The molecule has 180 valence electrons. The Bertz CT molecular complexity index is 1210. The number of carboxylic acids is 1. The van der Waals surface area contributed by atoms with Gasteiger partial charge < -0.3 is 5.11 Å². The van der Waals surface area contributed by atoms with Crippen LogP contribution in [0.25, 0.3) is 10.9 Å². The lowest BCUT2D eigenvalue weighted by molar-refractivity contribution is -0.136. The fraction of sp³-hybridized carbons (Fsp3) is 0.444. The Balaban J connectivity index is 0.000000696. The predicted octanol–water partition coefficient (Wildman–Crippen LogP) is 7.04. The lowest BCUT2D eigenvalue weighted by atomic mass is 9.89. The van der Waals surface area contributed by atoms with Gasteiger partial charge in [-0.2, -0.15) is 0 Å². The molecule has 0 spiro atoms. The molecule has 0 amide bonds. The standard InChI is InChI=1S/C24H31NO2S.C3H6O2/c1-15(2)20-13-21(16(3)4)24(22(14-20)17(5)6)28(26,27)25-18(7)12-19-10-8-9-11-23(19)25;1-2-3(4)5/h8-17H,1-7H3;2H2,1H3,(H,4,5). The number of benzene rings is 2. The first-order chi connectivity index (χ1) is 15.3. The monoisotopic (exact) mass is 471 g/mol. The number of carboxylic acid groups (broad SMARTS) is 1. The summed E-state index contributed by atoms with van der Waals surface area (Å²) in [7, 11) is -3.73. The van der Waals surface area contributed by atoms with Crippen LogP contribution in [0.15, 0.2) is 47.4 Å². The number of hydrogen-bond donors (Lipinski definition) is 1. The molecule has 6 heteroatoms. The van der Waals surface area contributed by atoms with Gasteiger partial charge >= 0.3 is 5.97 Å². The topological polar surface area (TPSA) is 76.4 Å². The third kappa shape index (κ3) is 5.67.